The van der Waals surface area contributed by atoms with Crippen molar-refractivity contribution in [1.29, 1.82) is 0 Å². The van der Waals surface area contributed by atoms with Gasteiger partial charge >= 0.3 is 5.97 Å². The van der Waals surface area contributed by atoms with Gasteiger partial charge in [-0.1, -0.05) is 13.8 Å². The average Bonchev–Trinajstić information content (AvgIpc) is 2.38. The number of piperidine rings is 2. The third kappa shape index (κ3) is 1.69. The molecular weight excluding hydrogens is 216 g/mol. The highest BCUT2D eigenvalue weighted by Gasteiger charge is 2.59. The van der Waals surface area contributed by atoms with E-state index >= 15 is 0 Å². The number of fused-ring (bicyclic) bond motifs is 1. The highest BCUT2D eigenvalue weighted by Crippen LogP contribution is 2.48. The van der Waals surface area contributed by atoms with Crippen molar-refractivity contribution >= 4 is 5.97 Å². The maximum absolute atomic E-state index is 11.4. The molecule has 0 N–H and O–H groups in total. The Morgan fingerprint density at radius 3 is 1.82 bits per heavy atom. The van der Waals surface area contributed by atoms with Gasteiger partial charge in [-0.25, -0.2) is 0 Å². The Morgan fingerprint density at radius 2 is 1.47 bits per heavy atom. The predicted molar refractivity (Wildman–Crippen MR) is 64.6 cm³/mol. The first-order valence-corrected chi connectivity index (χ1v) is 6.53. The van der Waals surface area contributed by atoms with Crippen molar-refractivity contribution in [2.24, 2.45) is 10.8 Å². The number of carbonyl (C=O) groups is 1. The summed E-state index contributed by atoms with van der Waals surface area (Å²) in [6.07, 6.45) is 0.0816. The molecule has 4 fully saturated rings. The standard InChI is InChI=1S/C13H22N2O2/c1-10(16)17-11-12(2)6-14-4-5-15(7-12)9-13(11,3)8-14/h11H,4-9H2,1-3H3. The summed E-state index contributed by atoms with van der Waals surface area (Å²) in [5.41, 5.74) is 0.209. The number of hydrogen-bond donors (Lipinski definition) is 0. The van der Waals surface area contributed by atoms with Crippen LogP contribution in [0.5, 0.6) is 0 Å². The van der Waals surface area contributed by atoms with Crippen LogP contribution in [0.2, 0.25) is 0 Å². The van der Waals surface area contributed by atoms with E-state index in [0.29, 0.717) is 0 Å². The van der Waals surface area contributed by atoms with Crippen molar-refractivity contribution in [3.63, 3.8) is 0 Å². The molecule has 0 aliphatic carbocycles. The number of nitrogens with zero attached hydrogens (tertiary/aromatic N) is 2. The summed E-state index contributed by atoms with van der Waals surface area (Å²) in [6.45, 7) is 12.7. The van der Waals surface area contributed by atoms with Crippen LogP contribution in [0.15, 0.2) is 0 Å². The molecule has 4 rings (SSSR count). The molecule has 4 aliphatic heterocycles. The quantitative estimate of drug-likeness (QED) is 0.626. The molecule has 96 valence electrons. The van der Waals surface area contributed by atoms with Gasteiger partial charge in [0.15, 0.2) is 0 Å². The maximum atomic E-state index is 11.4. The van der Waals surface area contributed by atoms with Crippen molar-refractivity contribution in [3.8, 4) is 0 Å². The molecule has 0 spiro atoms. The van der Waals surface area contributed by atoms with Gasteiger partial charge in [0.05, 0.1) is 0 Å². The first-order valence-electron chi connectivity index (χ1n) is 6.53. The van der Waals surface area contributed by atoms with Crippen LogP contribution in [-0.4, -0.2) is 61.1 Å². The molecular formula is C13H22N2O2. The van der Waals surface area contributed by atoms with Crippen LogP contribution in [0.1, 0.15) is 20.8 Å². The van der Waals surface area contributed by atoms with E-state index in [1.807, 2.05) is 0 Å². The molecule has 4 bridgehead atoms. The van der Waals surface area contributed by atoms with Crippen molar-refractivity contribution < 1.29 is 9.53 Å². The fourth-order valence-electron chi connectivity index (χ4n) is 4.48. The van der Waals surface area contributed by atoms with E-state index in [4.69, 9.17) is 4.74 Å². The van der Waals surface area contributed by atoms with Crippen LogP contribution >= 0.6 is 0 Å². The van der Waals surface area contributed by atoms with E-state index in [1.165, 1.54) is 6.92 Å². The molecule has 0 aromatic heterocycles. The van der Waals surface area contributed by atoms with Crippen LogP contribution in [0, 0.1) is 10.8 Å². The second-order valence-electron chi connectivity index (χ2n) is 6.72. The number of ether oxygens (including phenoxy) is 1. The minimum atomic E-state index is -0.131. The molecule has 0 unspecified atom stereocenters. The highest BCUT2D eigenvalue weighted by atomic mass is 16.5. The smallest absolute Gasteiger partial charge is 0.302 e. The van der Waals surface area contributed by atoms with Crippen molar-refractivity contribution in [2.75, 3.05) is 39.3 Å². The molecule has 4 saturated heterocycles. The zero-order chi connectivity index (χ0) is 12.3. The third-order valence-corrected chi connectivity index (χ3v) is 4.62. The predicted octanol–water partition coefficient (Wildman–Crippen LogP) is 0.575. The van der Waals surface area contributed by atoms with Crippen LogP contribution < -0.4 is 0 Å². The van der Waals surface area contributed by atoms with Crippen LogP contribution in [0.4, 0.5) is 0 Å². The minimum Gasteiger partial charge on any atom is -0.461 e. The van der Waals surface area contributed by atoms with E-state index in [9.17, 15) is 4.79 Å². The number of hydrogen-bond acceptors (Lipinski definition) is 4. The van der Waals surface area contributed by atoms with Crippen molar-refractivity contribution in [2.45, 2.75) is 26.9 Å². The zero-order valence-electron chi connectivity index (χ0n) is 11.0. The summed E-state index contributed by atoms with van der Waals surface area (Å²) in [7, 11) is 0. The lowest BCUT2D eigenvalue weighted by atomic mass is 9.63. The molecule has 4 aliphatic rings. The van der Waals surface area contributed by atoms with Gasteiger partial charge in [-0.05, 0) is 0 Å². The van der Waals surface area contributed by atoms with Crippen LogP contribution in [0.25, 0.3) is 0 Å². The lowest BCUT2D eigenvalue weighted by Gasteiger charge is -2.58. The first-order chi connectivity index (χ1) is 7.91. The summed E-state index contributed by atoms with van der Waals surface area (Å²) in [6, 6.07) is 0. The Hall–Kier alpha value is -0.610. The van der Waals surface area contributed by atoms with Gasteiger partial charge in [-0.3, -0.25) is 4.79 Å². The maximum Gasteiger partial charge on any atom is 0.302 e. The molecule has 0 atom stereocenters. The monoisotopic (exact) mass is 238 g/mol. The Labute approximate surface area is 103 Å². The molecule has 4 nitrogen and oxygen atoms in total. The summed E-state index contributed by atoms with van der Waals surface area (Å²) in [4.78, 5) is 16.5. The van der Waals surface area contributed by atoms with E-state index in [0.717, 1.165) is 39.3 Å². The fraction of sp³-hybridized carbons (Fsp3) is 0.923. The number of esters is 1. The molecule has 0 aromatic rings. The van der Waals surface area contributed by atoms with Gasteiger partial charge < -0.3 is 14.5 Å². The number of rotatable bonds is 1. The van der Waals surface area contributed by atoms with E-state index < -0.39 is 0 Å². The molecule has 0 amide bonds. The van der Waals surface area contributed by atoms with Gasteiger partial charge in [-0.2, -0.15) is 0 Å². The molecule has 4 heteroatoms. The molecule has 4 heterocycles. The Morgan fingerprint density at radius 1 is 1.06 bits per heavy atom. The second-order valence-corrected chi connectivity index (χ2v) is 6.72. The van der Waals surface area contributed by atoms with E-state index in [1.54, 1.807) is 0 Å². The van der Waals surface area contributed by atoms with Crippen LogP contribution in [0.3, 0.4) is 0 Å². The molecule has 17 heavy (non-hydrogen) atoms. The van der Waals surface area contributed by atoms with Gasteiger partial charge in [0.25, 0.3) is 0 Å². The van der Waals surface area contributed by atoms with Gasteiger partial charge in [0, 0.05) is 57.0 Å². The van der Waals surface area contributed by atoms with Crippen molar-refractivity contribution in [3.05, 3.63) is 0 Å². The summed E-state index contributed by atoms with van der Waals surface area (Å²) < 4.78 is 5.70. The summed E-state index contributed by atoms with van der Waals surface area (Å²) >= 11 is 0. The average molecular weight is 238 g/mol. The third-order valence-electron chi connectivity index (χ3n) is 4.62. The van der Waals surface area contributed by atoms with E-state index in [-0.39, 0.29) is 22.9 Å². The van der Waals surface area contributed by atoms with Gasteiger partial charge in [-0.15, -0.1) is 0 Å². The SMILES string of the molecule is CC(=O)OC1C2(C)CN3CCN(C2)CC1(C)C3. The topological polar surface area (TPSA) is 32.8 Å². The summed E-state index contributed by atoms with van der Waals surface area (Å²) in [5, 5.41) is 0. The fourth-order valence-corrected chi connectivity index (χ4v) is 4.48. The highest BCUT2D eigenvalue weighted by molar-refractivity contribution is 5.66. The zero-order valence-corrected chi connectivity index (χ0v) is 11.0. The Kier molecular flexibility index (Phi) is 2.33. The first kappa shape index (κ1) is 11.5. The van der Waals surface area contributed by atoms with Gasteiger partial charge in [0.1, 0.15) is 6.10 Å². The molecule has 0 radical (unpaired) electrons. The van der Waals surface area contributed by atoms with E-state index in [2.05, 4.69) is 23.6 Å². The number of carbonyl (C=O) groups excluding carboxylic acids is 1. The summed E-state index contributed by atoms with van der Waals surface area (Å²) in [5.74, 6) is -0.131. The lowest BCUT2D eigenvalue weighted by Crippen LogP contribution is -2.68. The Bertz CT molecular complexity index is 317. The minimum absolute atomic E-state index is 0.0816. The molecule has 0 saturated carbocycles. The van der Waals surface area contributed by atoms with Gasteiger partial charge in [0.2, 0.25) is 0 Å². The molecule has 0 aromatic carbocycles. The normalized spacial score (nSPS) is 52.3. The lowest BCUT2D eigenvalue weighted by molar-refractivity contribution is -0.193. The van der Waals surface area contributed by atoms with Crippen LogP contribution in [-0.2, 0) is 9.53 Å². The van der Waals surface area contributed by atoms with Crippen molar-refractivity contribution in [1.82, 2.24) is 9.80 Å². The largest absolute Gasteiger partial charge is 0.461 e. The second kappa shape index (κ2) is 3.45. The Balaban J connectivity index is 1.97.